The molecule has 1 fully saturated rings. The van der Waals surface area contributed by atoms with Gasteiger partial charge in [0.2, 0.25) is 5.91 Å². The Morgan fingerprint density at radius 1 is 1.00 bits per heavy atom. The van der Waals surface area contributed by atoms with Crippen LogP contribution in [0.2, 0.25) is 5.02 Å². The highest BCUT2D eigenvalue weighted by Gasteiger charge is 2.24. The molecule has 0 spiro atoms. The second-order valence-electron chi connectivity index (χ2n) is 7.05. The molecule has 6 nitrogen and oxygen atoms in total. The van der Waals surface area contributed by atoms with E-state index in [9.17, 15) is 4.79 Å². The zero-order valence-electron chi connectivity index (χ0n) is 16.1. The molecule has 0 radical (unpaired) electrons. The number of halogens is 2. The Balaban J connectivity index is 0.00000240. The van der Waals surface area contributed by atoms with Gasteiger partial charge < -0.3 is 20.4 Å². The van der Waals surface area contributed by atoms with Crippen LogP contribution in [0.4, 0.5) is 11.4 Å². The van der Waals surface area contributed by atoms with Gasteiger partial charge in [-0.15, -0.1) is 24.0 Å². The van der Waals surface area contributed by atoms with Crippen molar-refractivity contribution in [3.8, 4) is 0 Å². The fourth-order valence-corrected chi connectivity index (χ4v) is 3.90. The molecule has 29 heavy (non-hydrogen) atoms. The second kappa shape index (κ2) is 9.67. The highest BCUT2D eigenvalue weighted by Crippen LogP contribution is 2.27. The molecule has 8 heteroatoms. The van der Waals surface area contributed by atoms with Crippen molar-refractivity contribution in [1.82, 2.24) is 4.90 Å². The molecule has 2 aromatic rings. The smallest absolute Gasteiger partial charge is 0.248 e. The number of guanidine groups is 1. The molecule has 2 N–H and O–H groups in total. The number of piperazine rings is 1. The monoisotopic (exact) mass is 525 g/mol. The lowest BCUT2D eigenvalue weighted by Gasteiger charge is -2.36. The van der Waals surface area contributed by atoms with Crippen molar-refractivity contribution in [3.63, 3.8) is 0 Å². The Labute approximate surface area is 193 Å². The zero-order chi connectivity index (χ0) is 19.5. The van der Waals surface area contributed by atoms with Crippen molar-refractivity contribution >= 4 is 58.8 Å². The number of amides is 1. The van der Waals surface area contributed by atoms with Crippen molar-refractivity contribution < 1.29 is 4.79 Å². The van der Waals surface area contributed by atoms with E-state index in [1.165, 1.54) is 5.56 Å². The fraction of sp³-hybridized carbons (Fsp3) is 0.333. The number of hydrogen-bond donors (Lipinski definition) is 1. The molecule has 0 saturated carbocycles. The molecule has 0 aliphatic carbocycles. The third-order valence-electron chi connectivity index (χ3n) is 5.36. The molecule has 154 valence electrons. The maximum atomic E-state index is 12.6. The number of carbonyl (C=O) groups excluding carboxylic acids is 1. The molecular weight excluding hydrogens is 501 g/mol. The Hall–Kier alpha value is -2.00. The van der Waals surface area contributed by atoms with Crippen molar-refractivity contribution in [2.24, 2.45) is 10.7 Å². The van der Waals surface area contributed by atoms with Crippen molar-refractivity contribution in [2.45, 2.75) is 6.42 Å². The molecule has 2 aliphatic rings. The van der Waals surface area contributed by atoms with Gasteiger partial charge in [-0.25, -0.2) is 4.99 Å². The maximum Gasteiger partial charge on any atom is 0.248 e. The van der Waals surface area contributed by atoms with Crippen molar-refractivity contribution in [2.75, 3.05) is 49.1 Å². The number of rotatable bonds is 3. The Kier molecular flexibility index (Phi) is 7.23. The molecule has 2 aromatic carbocycles. The summed E-state index contributed by atoms with van der Waals surface area (Å²) in [5.74, 6) is 0.435. The van der Waals surface area contributed by atoms with Crippen molar-refractivity contribution in [3.05, 3.63) is 59.1 Å². The minimum absolute atomic E-state index is 0. The number of para-hydroxylation sites is 1. The first-order chi connectivity index (χ1) is 13.6. The first-order valence-electron chi connectivity index (χ1n) is 9.55. The van der Waals surface area contributed by atoms with Crippen LogP contribution in [0.25, 0.3) is 0 Å². The van der Waals surface area contributed by atoms with Gasteiger partial charge in [0.1, 0.15) is 6.54 Å². The van der Waals surface area contributed by atoms with E-state index in [0.29, 0.717) is 12.5 Å². The summed E-state index contributed by atoms with van der Waals surface area (Å²) in [4.78, 5) is 23.1. The van der Waals surface area contributed by atoms with Crippen LogP contribution in [0, 0.1) is 0 Å². The van der Waals surface area contributed by atoms with Crippen LogP contribution in [-0.4, -0.2) is 56.0 Å². The standard InChI is InChI=1S/C21H24ClN5O.HI/c22-17-5-7-18(8-6-17)25-11-13-26(14-12-25)21(23)24-15-20(28)27-10-9-16-3-1-2-4-19(16)27;/h1-8H,9-15H2,(H2,23,24);1H. The van der Waals surface area contributed by atoms with E-state index in [1.54, 1.807) is 0 Å². The average Bonchev–Trinajstić information content (AvgIpc) is 3.17. The number of nitrogens with two attached hydrogens (primary N) is 1. The van der Waals surface area contributed by atoms with Crippen LogP contribution in [0.5, 0.6) is 0 Å². The number of aliphatic imine (C=N–C) groups is 1. The second-order valence-corrected chi connectivity index (χ2v) is 7.49. The summed E-state index contributed by atoms with van der Waals surface area (Å²) in [5.41, 5.74) is 9.53. The lowest BCUT2D eigenvalue weighted by molar-refractivity contribution is -0.117. The number of fused-ring (bicyclic) bond motifs is 1. The van der Waals surface area contributed by atoms with E-state index in [1.807, 2.05) is 52.3 Å². The highest BCUT2D eigenvalue weighted by atomic mass is 127. The van der Waals surface area contributed by atoms with E-state index in [2.05, 4.69) is 16.0 Å². The fourth-order valence-electron chi connectivity index (χ4n) is 3.78. The third kappa shape index (κ3) is 4.95. The molecular formula is C21H25ClIN5O. The normalized spacial score (nSPS) is 16.4. The van der Waals surface area contributed by atoms with E-state index in [-0.39, 0.29) is 36.4 Å². The molecule has 2 heterocycles. The van der Waals surface area contributed by atoms with E-state index < -0.39 is 0 Å². The average molecular weight is 526 g/mol. The molecule has 0 aromatic heterocycles. The molecule has 0 unspecified atom stereocenters. The lowest BCUT2D eigenvalue weighted by Crippen LogP contribution is -2.51. The van der Waals surface area contributed by atoms with E-state index >= 15 is 0 Å². The van der Waals surface area contributed by atoms with Crippen LogP contribution in [-0.2, 0) is 11.2 Å². The summed E-state index contributed by atoms with van der Waals surface area (Å²) >= 11 is 5.96. The van der Waals surface area contributed by atoms with Gasteiger partial charge in [-0.1, -0.05) is 29.8 Å². The molecule has 0 atom stereocenters. The Bertz CT molecular complexity index is 881. The van der Waals surface area contributed by atoms with Gasteiger partial charge in [0.05, 0.1) is 0 Å². The van der Waals surface area contributed by atoms with Gasteiger partial charge >= 0.3 is 0 Å². The summed E-state index contributed by atoms with van der Waals surface area (Å²) in [5, 5.41) is 0.740. The van der Waals surface area contributed by atoms with Crippen LogP contribution in [0.15, 0.2) is 53.5 Å². The largest absolute Gasteiger partial charge is 0.370 e. The number of nitrogens with zero attached hydrogens (tertiary/aromatic N) is 4. The predicted molar refractivity (Wildman–Crippen MR) is 130 cm³/mol. The summed E-state index contributed by atoms with van der Waals surface area (Å²) in [6.07, 6.45) is 0.897. The van der Waals surface area contributed by atoms with Crippen LogP contribution in [0.3, 0.4) is 0 Å². The van der Waals surface area contributed by atoms with Crippen molar-refractivity contribution in [1.29, 1.82) is 0 Å². The van der Waals surface area contributed by atoms with Gasteiger partial charge in [0, 0.05) is 49.1 Å². The molecule has 1 saturated heterocycles. The number of carbonyl (C=O) groups is 1. The highest BCUT2D eigenvalue weighted by molar-refractivity contribution is 14.0. The molecule has 2 aliphatic heterocycles. The molecule has 1 amide bonds. The zero-order valence-corrected chi connectivity index (χ0v) is 19.2. The van der Waals surface area contributed by atoms with Crippen LogP contribution in [0.1, 0.15) is 5.56 Å². The van der Waals surface area contributed by atoms with Gasteiger partial charge in [-0.3, -0.25) is 4.79 Å². The SMILES string of the molecule is I.NC(=NCC(=O)N1CCc2ccccc21)N1CCN(c2ccc(Cl)cc2)CC1. The predicted octanol–water partition coefficient (Wildman–Crippen LogP) is 2.98. The van der Waals surface area contributed by atoms with Crippen LogP contribution >= 0.6 is 35.6 Å². The minimum atomic E-state index is -0.00676. The Morgan fingerprint density at radius 3 is 2.41 bits per heavy atom. The van der Waals surface area contributed by atoms with Gasteiger partial charge in [0.15, 0.2) is 5.96 Å². The minimum Gasteiger partial charge on any atom is -0.370 e. The van der Waals surface area contributed by atoms with Gasteiger partial charge in [-0.2, -0.15) is 0 Å². The first kappa shape index (κ1) is 21.7. The number of anilines is 2. The third-order valence-corrected chi connectivity index (χ3v) is 5.61. The maximum absolute atomic E-state index is 12.6. The van der Waals surface area contributed by atoms with Crippen LogP contribution < -0.4 is 15.5 Å². The first-order valence-corrected chi connectivity index (χ1v) is 9.93. The summed E-state index contributed by atoms with van der Waals surface area (Å²) < 4.78 is 0. The van der Waals surface area contributed by atoms with E-state index in [0.717, 1.165) is 49.0 Å². The topological polar surface area (TPSA) is 65.2 Å². The summed E-state index contributed by atoms with van der Waals surface area (Å²) in [7, 11) is 0. The summed E-state index contributed by atoms with van der Waals surface area (Å²) in [6, 6.07) is 15.9. The quantitative estimate of drug-likeness (QED) is 0.380. The van der Waals surface area contributed by atoms with E-state index in [4.69, 9.17) is 17.3 Å². The lowest BCUT2D eigenvalue weighted by atomic mass is 10.2. The number of benzene rings is 2. The van der Waals surface area contributed by atoms with Gasteiger partial charge in [-0.05, 0) is 42.3 Å². The van der Waals surface area contributed by atoms with Gasteiger partial charge in [0.25, 0.3) is 0 Å². The molecule has 4 rings (SSSR count). The molecule has 0 bridgehead atoms. The number of hydrogen-bond acceptors (Lipinski definition) is 3. The summed E-state index contributed by atoms with van der Waals surface area (Å²) in [6.45, 7) is 4.05. The Morgan fingerprint density at radius 2 is 1.69 bits per heavy atom.